The SMILES string of the molecule is COc1ccccc1NS(=O)(=O)c1cc(NC(=O)C2=NN(c3ccccc3)C(=O)CC2)ccc1C. The van der Waals surface area contributed by atoms with Gasteiger partial charge in [0.1, 0.15) is 11.5 Å². The number of para-hydroxylation sites is 3. The lowest BCUT2D eigenvalue weighted by molar-refractivity contribution is -0.118. The molecule has 0 aromatic heterocycles. The molecule has 0 bridgehead atoms. The number of sulfonamides is 1. The third-order valence-electron chi connectivity index (χ3n) is 5.38. The number of nitrogens with one attached hydrogen (secondary N) is 2. The summed E-state index contributed by atoms with van der Waals surface area (Å²) in [6, 6.07) is 20.1. The van der Waals surface area contributed by atoms with Crippen LogP contribution in [0.1, 0.15) is 18.4 Å². The van der Waals surface area contributed by atoms with Crippen molar-refractivity contribution in [3.8, 4) is 5.75 Å². The minimum atomic E-state index is -3.98. The van der Waals surface area contributed by atoms with E-state index < -0.39 is 15.9 Å². The standard InChI is InChI=1S/C25H24N4O5S/c1-17-12-13-18(16-23(17)35(32,33)28-20-10-6-7-11-22(20)34-2)26-25(31)21-14-15-24(30)29(27-21)19-8-4-3-5-9-19/h3-13,16,28H,14-15H2,1-2H3,(H,26,31). The van der Waals surface area contributed by atoms with Gasteiger partial charge in [-0.05, 0) is 48.9 Å². The quantitative estimate of drug-likeness (QED) is 0.518. The maximum absolute atomic E-state index is 13.1. The van der Waals surface area contributed by atoms with E-state index in [1.807, 2.05) is 6.07 Å². The highest BCUT2D eigenvalue weighted by atomic mass is 32.2. The van der Waals surface area contributed by atoms with Crippen LogP contribution in [0, 0.1) is 6.92 Å². The smallest absolute Gasteiger partial charge is 0.271 e. The van der Waals surface area contributed by atoms with E-state index in [9.17, 15) is 18.0 Å². The van der Waals surface area contributed by atoms with Gasteiger partial charge in [-0.1, -0.05) is 36.4 Å². The normalized spacial score (nSPS) is 13.7. The van der Waals surface area contributed by atoms with Crippen LogP contribution in [0.4, 0.5) is 17.1 Å². The zero-order valence-corrected chi connectivity index (χ0v) is 20.0. The topological polar surface area (TPSA) is 117 Å². The Morgan fingerprint density at radius 1 is 1.00 bits per heavy atom. The maximum atomic E-state index is 13.1. The summed E-state index contributed by atoms with van der Waals surface area (Å²) in [5, 5.41) is 8.15. The number of nitrogens with zero attached hydrogens (tertiary/aromatic N) is 2. The molecule has 0 saturated carbocycles. The number of aryl methyl sites for hydroxylation is 1. The first-order valence-electron chi connectivity index (χ1n) is 10.8. The molecule has 0 saturated heterocycles. The van der Waals surface area contributed by atoms with Crippen LogP contribution in [0.3, 0.4) is 0 Å². The van der Waals surface area contributed by atoms with Gasteiger partial charge in [0.05, 0.1) is 23.4 Å². The third kappa shape index (κ3) is 5.33. The summed E-state index contributed by atoms with van der Waals surface area (Å²) in [7, 11) is -2.52. The van der Waals surface area contributed by atoms with Gasteiger partial charge in [0.15, 0.2) is 0 Å². The number of amides is 2. The van der Waals surface area contributed by atoms with Crippen molar-refractivity contribution < 1.29 is 22.7 Å². The molecule has 2 amide bonds. The molecular formula is C25H24N4O5S. The molecule has 0 radical (unpaired) electrons. The fourth-order valence-corrected chi connectivity index (χ4v) is 4.93. The van der Waals surface area contributed by atoms with Gasteiger partial charge >= 0.3 is 0 Å². The molecule has 1 aliphatic rings. The highest BCUT2D eigenvalue weighted by Crippen LogP contribution is 2.28. The first kappa shape index (κ1) is 24.0. The monoisotopic (exact) mass is 492 g/mol. The summed E-state index contributed by atoms with van der Waals surface area (Å²) in [4.78, 5) is 25.2. The molecule has 0 atom stereocenters. The van der Waals surface area contributed by atoms with Crippen LogP contribution in [-0.4, -0.2) is 33.1 Å². The Bertz CT molecular complexity index is 1400. The van der Waals surface area contributed by atoms with Crippen LogP contribution in [-0.2, 0) is 19.6 Å². The van der Waals surface area contributed by atoms with E-state index in [1.54, 1.807) is 67.6 Å². The second kappa shape index (κ2) is 9.98. The van der Waals surface area contributed by atoms with Gasteiger partial charge in [-0.2, -0.15) is 5.10 Å². The lowest BCUT2D eigenvalue weighted by Crippen LogP contribution is -2.36. The predicted molar refractivity (Wildman–Crippen MR) is 134 cm³/mol. The Balaban J connectivity index is 1.57. The Hall–Kier alpha value is -4.18. The summed E-state index contributed by atoms with van der Waals surface area (Å²) < 4.78 is 34.0. The fourth-order valence-electron chi connectivity index (χ4n) is 3.59. The molecule has 35 heavy (non-hydrogen) atoms. The summed E-state index contributed by atoms with van der Waals surface area (Å²) in [6.45, 7) is 1.66. The number of hydrogen-bond donors (Lipinski definition) is 2. The lowest BCUT2D eigenvalue weighted by Gasteiger charge is -2.23. The van der Waals surface area contributed by atoms with E-state index in [2.05, 4.69) is 15.1 Å². The molecule has 9 nitrogen and oxygen atoms in total. The molecule has 2 N–H and O–H groups in total. The molecule has 1 aliphatic heterocycles. The van der Waals surface area contributed by atoms with Crippen molar-refractivity contribution in [2.24, 2.45) is 5.10 Å². The molecule has 3 aromatic carbocycles. The molecule has 10 heteroatoms. The van der Waals surface area contributed by atoms with E-state index in [4.69, 9.17) is 4.74 Å². The molecule has 1 heterocycles. The minimum absolute atomic E-state index is 0.00730. The number of hydrazone groups is 1. The van der Waals surface area contributed by atoms with Gasteiger partial charge in [-0.3, -0.25) is 14.3 Å². The number of carbonyl (C=O) groups is 2. The summed E-state index contributed by atoms with van der Waals surface area (Å²) in [5.74, 6) is -0.340. The van der Waals surface area contributed by atoms with Crippen LogP contribution in [0.15, 0.2) is 82.8 Å². The highest BCUT2D eigenvalue weighted by Gasteiger charge is 2.26. The largest absolute Gasteiger partial charge is 0.495 e. The van der Waals surface area contributed by atoms with Crippen molar-refractivity contribution in [3.63, 3.8) is 0 Å². The van der Waals surface area contributed by atoms with Crippen molar-refractivity contribution in [3.05, 3.63) is 78.4 Å². The van der Waals surface area contributed by atoms with Crippen molar-refractivity contribution >= 4 is 44.6 Å². The van der Waals surface area contributed by atoms with E-state index in [-0.39, 0.29) is 35.0 Å². The summed E-state index contributed by atoms with van der Waals surface area (Å²) >= 11 is 0. The molecule has 4 rings (SSSR count). The molecule has 0 fully saturated rings. The van der Waals surface area contributed by atoms with E-state index >= 15 is 0 Å². The average Bonchev–Trinajstić information content (AvgIpc) is 2.86. The van der Waals surface area contributed by atoms with Crippen LogP contribution in [0.25, 0.3) is 0 Å². The van der Waals surface area contributed by atoms with Gasteiger partial charge in [-0.15, -0.1) is 0 Å². The summed E-state index contributed by atoms with van der Waals surface area (Å²) in [5.41, 5.74) is 1.82. The lowest BCUT2D eigenvalue weighted by atomic mass is 10.1. The van der Waals surface area contributed by atoms with Crippen molar-refractivity contribution in [1.82, 2.24) is 0 Å². The van der Waals surface area contributed by atoms with Gasteiger partial charge in [-0.25, -0.2) is 13.4 Å². The minimum Gasteiger partial charge on any atom is -0.495 e. The van der Waals surface area contributed by atoms with Gasteiger partial charge in [0.2, 0.25) is 5.91 Å². The molecule has 3 aromatic rings. The second-order valence-corrected chi connectivity index (χ2v) is 9.48. The molecule has 0 spiro atoms. The maximum Gasteiger partial charge on any atom is 0.271 e. The number of benzene rings is 3. The molecule has 0 aliphatic carbocycles. The Morgan fingerprint density at radius 2 is 1.71 bits per heavy atom. The number of hydrogen-bond acceptors (Lipinski definition) is 6. The number of ether oxygens (including phenoxy) is 1. The van der Waals surface area contributed by atoms with Crippen LogP contribution in [0.5, 0.6) is 5.75 Å². The van der Waals surface area contributed by atoms with Crippen molar-refractivity contribution in [1.29, 1.82) is 0 Å². The zero-order valence-electron chi connectivity index (χ0n) is 19.2. The van der Waals surface area contributed by atoms with Gasteiger partial charge in [0.25, 0.3) is 15.9 Å². The van der Waals surface area contributed by atoms with Gasteiger partial charge in [0, 0.05) is 18.5 Å². The van der Waals surface area contributed by atoms with E-state index in [0.29, 0.717) is 22.7 Å². The molecule has 0 unspecified atom stereocenters. The Kier molecular flexibility index (Phi) is 6.83. The highest BCUT2D eigenvalue weighted by molar-refractivity contribution is 7.92. The van der Waals surface area contributed by atoms with Crippen LogP contribution in [0.2, 0.25) is 0 Å². The van der Waals surface area contributed by atoms with Gasteiger partial charge < -0.3 is 10.1 Å². The van der Waals surface area contributed by atoms with E-state index in [0.717, 1.165) is 0 Å². The predicted octanol–water partition coefficient (Wildman–Crippen LogP) is 3.93. The second-order valence-electron chi connectivity index (χ2n) is 7.83. The Morgan fingerprint density at radius 3 is 2.46 bits per heavy atom. The fraction of sp³-hybridized carbons (Fsp3) is 0.160. The Labute approximate surface area is 203 Å². The van der Waals surface area contributed by atoms with Crippen molar-refractivity contribution in [2.45, 2.75) is 24.7 Å². The number of anilines is 3. The van der Waals surface area contributed by atoms with Crippen molar-refractivity contribution in [2.75, 3.05) is 22.2 Å². The first-order valence-corrected chi connectivity index (χ1v) is 12.3. The van der Waals surface area contributed by atoms with Crippen LogP contribution >= 0.6 is 0 Å². The first-order chi connectivity index (χ1) is 16.8. The third-order valence-corrected chi connectivity index (χ3v) is 6.89. The zero-order chi connectivity index (χ0) is 25.0. The number of methoxy groups -OCH3 is 1. The average molecular weight is 493 g/mol. The van der Waals surface area contributed by atoms with Crippen LogP contribution < -0.4 is 19.8 Å². The summed E-state index contributed by atoms with van der Waals surface area (Å²) in [6.07, 6.45) is 0.317. The number of carbonyl (C=O) groups excluding carboxylic acids is 2. The number of rotatable bonds is 7. The molecular weight excluding hydrogens is 468 g/mol. The molecule has 180 valence electrons. The van der Waals surface area contributed by atoms with E-state index in [1.165, 1.54) is 18.2 Å².